The normalized spacial score (nSPS) is 14.7. The van der Waals surface area contributed by atoms with E-state index in [1.807, 2.05) is 0 Å². The summed E-state index contributed by atoms with van der Waals surface area (Å²) >= 11 is 0. The van der Waals surface area contributed by atoms with E-state index in [0.29, 0.717) is 0 Å². The molecule has 112 valence electrons. The van der Waals surface area contributed by atoms with Gasteiger partial charge in [-0.3, -0.25) is 0 Å². The van der Waals surface area contributed by atoms with Crippen LogP contribution in [0.5, 0.6) is 0 Å². The summed E-state index contributed by atoms with van der Waals surface area (Å²) in [5, 5.41) is 19.5. The molecule has 0 fully saturated rings. The molecular weight excluding hydrogens is 281 g/mol. The van der Waals surface area contributed by atoms with Crippen LogP contribution >= 0.6 is 0 Å². The van der Waals surface area contributed by atoms with Gasteiger partial charge in [-0.25, -0.2) is 0 Å². The number of alkyl halides is 3. The summed E-state index contributed by atoms with van der Waals surface area (Å²) in [5.41, 5.74) is -3.33. The van der Waals surface area contributed by atoms with E-state index >= 15 is 0 Å². The first kappa shape index (κ1) is 15.5. The first-order chi connectivity index (χ1) is 9.91. The first-order valence-electron chi connectivity index (χ1n) is 6.45. The average molecular weight is 296 g/mol. The van der Waals surface area contributed by atoms with E-state index in [1.165, 1.54) is 42.5 Å². The Labute approximate surface area is 120 Å². The molecule has 2 nitrogen and oxygen atoms in total. The summed E-state index contributed by atoms with van der Waals surface area (Å²) in [4.78, 5) is 0. The number of hydrogen-bond acceptors (Lipinski definition) is 2. The lowest BCUT2D eigenvalue weighted by molar-refractivity contribution is -0.248. The van der Waals surface area contributed by atoms with Crippen LogP contribution in [-0.2, 0) is 12.0 Å². The molecule has 2 aromatic carbocycles. The maximum Gasteiger partial charge on any atom is 0.425 e. The minimum atomic E-state index is -4.88. The minimum absolute atomic E-state index is 0.0431. The quantitative estimate of drug-likeness (QED) is 0.910. The summed E-state index contributed by atoms with van der Waals surface area (Å²) in [7, 11) is 0. The van der Waals surface area contributed by atoms with Crippen molar-refractivity contribution in [3.63, 3.8) is 0 Å². The van der Waals surface area contributed by atoms with Gasteiger partial charge >= 0.3 is 6.18 Å². The van der Waals surface area contributed by atoms with E-state index in [0.717, 1.165) is 0 Å². The van der Waals surface area contributed by atoms with Crippen molar-refractivity contribution >= 4 is 0 Å². The highest BCUT2D eigenvalue weighted by Crippen LogP contribution is 2.45. The van der Waals surface area contributed by atoms with Gasteiger partial charge in [0.1, 0.15) is 0 Å². The predicted molar refractivity (Wildman–Crippen MR) is 72.7 cm³/mol. The van der Waals surface area contributed by atoms with Crippen LogP contribution in [0.4, 0.5) is 13.2 Å². The monoisotopic (exact) mass is 296 g/mol. The molecule has 0 saturated carbocycles. The third-order valence-corrected chi connectivity index (χ3v) is 3.39. The maximum atomic E-state index is 13.6. The third-order valence-electron chi connectivity index (χ3n) is 3.39. The van der Waals surface area contributed by atoms with Gasteiger partial charge in [0.25, 0.3) is 0 Å². The molecule has 0 aromatic heterocycles. The minimum Gasteiger partial charge on any atom is -0.396 e. The Morgan fingerprint density at radius 3 is 2.00 bits per heavy atom. The topological polar surface area (TPSA) is 40.5 Å². The molecule has 0 aliphatic carbocycles. The van der Waals surface area contributed by atoms with Crippen molar-refractivity contribution in [1.29, 1.82) is 0 Å². The molecule has 0 aliphatic heterocycles. The smallest absolute Gasteiger partial charge is 0.396 e. The van der Waals surface area contributed by atoms with Gasteiger partial charge in [0.2, 0.25) is 5.60 Å². The number of aliphatic hydroxyl groups is 2. The predicted octanol–water partition coefficient (Wildman–Crippen LogP) is 3.02. The number of rotatable bonds is 4. The van der Waals surface area contributed by atoms with Crippen LogP contribution in [0.15, 0.2) is 54.6 Å². The second-order valence-electron chi connectivity index (χ2n) is 4.70. The maximum absolute atomic E-state index is 13.6. The zero-order chi connectivity index (χ0) is 15.5. The molecule has 0 radical (unpaired) electrons. The van der Waals surface area contributed by atoms with E-state index in [-0.39, 0.29) is 29.7 Å². The highest BCUT2D eigenvalue weighted by Gasteiger charge is 2.56. The van der Waals surface area contributed by atoms with Gasteiger partial charge < -0.3 is 10.2 Å². The van der Waals surface area contributed by atoms with E-state index in [4.69, 9.17) is 5.11 Å². The molecule has 1 unspecified atom stereocenters. The zero-order valence-electron chi connectivity index (χ0n) is 11.1. The summed E-state index contributed by atoms with van der Waals surface area (Å²) in [6.07, 6.45) is -4.83. The molecule has 2 N–H and O–H groups in total. The summed E-state index contributed by atoms with van der Waals surface area (Å²) in [6.45, 7) is -0.292. The zero-order valence-corrected chi connectivity index (χ0v) is 11.1. The molecule has 0 saturated heterocycles. The SMILES string of the molecule is OCCc1ccccc1C(O)(c1ccccc1)C(F)(F)F. The number of benzene rings is 2. The first-order valence-corrected chi connectivity index (χ1v) is 6.45. The highest BCUT2D eigenvalue weighted by atomic mass is 19.4. The van der Waals surface area contributed by atoms with Gasteiger partial charge in [0, 0.05) is 12.2 Å². The molecule has 5 heteroatoms. The van der Waals surface area contributed by atoms with Crippen molar-refractivity contribution in [2.45, 2.75) is 18.2 Å². The van der Waals surface area contributed by atoms with Crippen molar-refractivity contribution in [3.8, 4) is 0 Å². The Hall–Kier alpha value is -1.85. The van der Waals surface area contributed by atoms with Crippen molar-refractivity contribution in [1.82, 2.24) is 0 Å². The Balaban J connectivity index is 2.68. The molecule has 21 heavy (non-hydrogen) atoms. The molecule has 1 atom stereocenters. The lowest BCUT2D eigenvalue weighted by atomic mass is 9.82. The van der Waals surface area contributed by atoms with Crippen LogP contribution in [0.1, 0.15) is 16.7 Å². The Bertz CT molecular complexity index is 596. The van der Waals surface area contributed by atoms with Crippen LogP contribution in [0, 0.1) is 0 Å². The molecular formula is C16H15F3O2. The number of hydrogen-bond donors (Lipinski definition) is 2. The van der Waals surface area contributed by atoms with E-state index in [2.05, 4.69) is 0 Å². The van der Waals surface area contributed by atoms with Crippen LogP contribution in [-0.4, -0.2) is 23.0 Å². The fourth-order valence-corrected chi connectivity index (χ4v) is 2.36. The second kappa shape index (κ2) is 5.87. The molecule has 0 spiro atoms. The standard InChI is InChI=1S/C16H15F3O2/c17-16(18,19)15(21,13-7-2-1-3-8-13)14-9-5-4-6-12(14)10-11-20/h1-9,20-21H,10-11H2. The van der Waals surface area contributed by atoms with E-state index < -0.39 is 11.8 Å². The lowest BCUT2D eigenvalue weighted by Gasteiger charge is -2.33. The lowest BCUT2D eigenvalue weighted by Crippen LogP contribution is -2.44. The molecule has 0 amide bonds. The van der Waals surface area contributed by atoms with Gasteiger partial charge in [-0.15, -0.1) is 0 Å². The number of halogens is 3. The summed E-state index contributed by atoms with van der Waals surface area (Å²) in [5.74, 6) is 0. The van der Waals surface area contributed by atoms with Gasteiger partial charge in [0.05, 0.1) is 0 Å². The van der Waals surface area contributed by atoms with Gasteiger partial charge in [0.15, 0.2) is 0 Å². The van der Waals surface area contributed by atoms with Gasteiger partial charge in [-0.2, -0.15) is 13.2 Å². The van der Waals surface area contributed by atoms with Crippen molar-refractivity contribution < 1.29 is 23.4 Å². The second-order valence-corrected chi connectivity index (χ2v) is 4.70. The van der Waals surface area contributed by atoms with Crippen LogP contribution in [0.25, 0.3) is 0 Å². The molecule has 2 rings (SSSR count). The van der Waals surface area contributed by atoms with Crippen molar-refractivity contribution in [3.05, 3.63) is 71.3 Å². The van der Waals surface area contributed by atoms with Crippen LogP contribution < -0.4 is 0 Å². The molecule has 0 bridgehead atoms. The van der Waals surface area contributed by atoms with E-state index in [9.17, 15) is 18.3 Å². The van der Waals surface area contributed by atoms with Gasteiger partial charge in [-0.1, -0.05) is 54.6 Å². The van der Waals surface area contributed by atoms with Crippen molar-refractivity contribution in [2.75, 3.05) is 6.61 Å². The number of aliphatic hydroxyl groups excluding tert-OH is 1. The van der Waals surface area contributed by atoms with E-state index in [1.54, 1.807) is 12.1 Å². The van der Waals surface area contributed by atoms with Gasteiger partial charge in [-0.05, 0) is 17.5 Å². The summed E-state index contributed by atoms with van der Waals surface area (Å²) in [6, 6.07) is 12.7. The highest BCUT2D eigenvalue weighted by molar-refractivity contribution is 5.42. The Morgan fingerprint density at radius 2 is 1.43 bits per heavy atom. The average Bonchev–Trinajstić information content (AvgIpc) is 2.47. The Morgan fingerprint density at radius 1 is 0.857 bits per heavy atom. The fraction of sp³-hybridized carbons (Fsp3) is 0.250. The Kier molecular flexibility index (Phi) is 4.34. The van der Waals surface area contributed by atoms with Crippen molar-refractivity contribution in [2.24, 2.45) is 0 Å². The van der Waals surface area contributed by atoms with Crippen LogP contribution in [0.3, 0.4) is 0 Å². The molecule has 2 aromatic rings. The summed E-state index contributed by atoms with van der Waals surface area (Å²) < 4.78 is 40.8. The fourth-order valence-electron chi connectivity index (χ4n) is 2.36. The third kappa shape index (κ3) is 2.80. The molecule has 0 heterocycles. The largest absolute Gasteiger partial charge is 0.425 e. The van der Waals surface area contributed by atoms with Crippen LogP contribution in [0.2, 0.25) is 0 Å². The molecule has 0 aliphatic rings.